The van der Waals surface area contributed by atoms with Gasteiger partial charge < -0.3 is 9.22 Å². The predicted octanol–water partition coefficient (Wildman–Crippen LogP) is 3.62. The molecule has 0 amide bonds. The van der Waals surface area contributed by atoms with Crippen molar-refractivity contribution < 1.29 is 14.0 Å². The quantitative estimate of drug-likeness (QED) is 0.553. The number of quaternary nitrogens is 1. The average Bonchev–Trinajstić information content (AvgIpc) is 2.34. The van der Waals surface area contributed by atoms with E-state index in [-0.39, 0.29) is 12.1 Å². The summed E-state index contributed by atoms with van der Waals surface area (Å²) < 4.78 is 6.68. The maximum absolute atomic E-state index is 12.5. The lowest BCUT2D eigenvalue weighted by molar-refractivity contribution is -0.891. The molecule has 3 heteroatoms. The first kappa shape index (κ1) is 16.3. The summed E-state index contributed by atoms with van der Waals surface area (Å²) in [6.45, 7) is 6.21. The highest BCUT2D eigenvalue weighted by molar-refractivity contribution is 5.70. The van der Waals surface area contributed by atoms with E-state index in [4.69, 9.17) is 4.74 Å². The number of hydrogen-bond acceptors (Lipinski definition) is 2. The van der Waals surface area contributed by atoms with Crippen LogP contribution >= 0.6 is 0 Å². The Kier molecular flexibility index (Phi) is 4.30. The van der Waals surface area contributed by atoms with Gasteiger partial charge in [0.15, 0.2) is 0 Å². The van der Waals surface area contributed by atoms with Gasteiger partial charge in [-0.25, -0.2) is 0 Å². The van der Waals surface area contributed by atoms with Crippen LogP contribution in [-0.4, -0.2) is 43.7 Å². The monoisotopic (exact) mass is 308 g/mol. The summed E-state index contributed by atoms with van der Waals surface area (Å²) in [5.74, 6) is 2.79. The maximum Gasteiger partial charge on any atom is 0.306 e. The fraction of sp³-hybridized carbons (Fsp3) is 0.947. The van der Waals surface area contributed by atoms with Gasteiger partial charge in [-0.1, -0.05) is 0 Å². The van der Waals surface area contributed by atoms with Crippen LogP contribution in [0.4, 0.5) is 0 Å². The largest absolute Gasteiger partial charge is 0.457 e. The van der Waals surface area contributed by atoms with E-state index in [1.165, 1.54) is 38.5 Å². The lowest BCUT2D eigenvalue weighted by atomic mass is 9.49. The normalized spacial score (nSPS) is 38.1. The van der Waals surface area contributed by atoms with Crippen molar-refractivity contribution in [3.05, 3.63) is 0 Å². The number of carbonyl (C=O) groups excluding carboxylic acids is 1. The molecule has 0 radical (unpaired) electrons. The Bertz CT molecular complexity index is 394. The Hall–Kier alpha value is -0.570. The van der Waals surface area contributed by atoms with Gasteiger partial charge in [0.25, 0.3) is 0 Å². The van der Waals surface area contributed by atoms with E-state index in [2.05, 4.69) is 21.0 Å². The smallest absolute Gasteiger partial charge is 0.306 e. The third kappa shape index (κ3) is 3.50. The van der Waals surface area contributed by atoms with Crippen molar-refractivity contribution in [2.75, 3.05) is 27.2 Å². The summed E-state index contributed by atoms with van der Waals surface area (Å²) in [5, 5.41) is 0. The van der Waals surface area contributed by atoms with E-state index >= 15 is 0 Å². The van der Waals surface area contributed by atoms with Gasteiger partial charge in [-0.05, 0) is 75.5 Å². The number of likely N-dealkylation sites (N-methyl/N-ethyl adjacent to an activating group) is 1. The third-order valence-electron chi connectivity index (χ3n) is 6.62. The topological polar surface area (TPSA) is 26.3 Å². The standard InChI is InChI=1S/C19H34NO2/c1-5-20(3,4)13-14(2)22-18(21)12-19-9-15-6-16(10-19)8-17(7-15)11-19/h14-17H,5-13H2,1-4H3/q+1. The minimum absolute atomic E-state index is 0.0244. The van der Waals surface area contributed by atoms with Gasteiger partial charge in [-0.3, -0.25) is 4.79 Å². The molecule has 1 atom stereocenters. The van der Waals surface area contributed by atoms with Crippen LogP contribution in [0.2, 0.25) is 0 Å². The zero-order chi connectivity index (χ0) is 16.0. The van der Waals surface area contributed by atoms with Gasteiger partial charge in [-0.15, -0.1) is 0 Å². The summed E-state index contributed by atoms with van der Waals surface area (Å²) in [6, 6.07) is 0. The van der Waals surface area contributed by atoms with Crippen LogP contribution < -0.4 is 0 Å². The van der Waals surface area contributed by atoms with Crippen molar-refractivity contribution in [2.24, 2.45) is 23.2 Å². The molecule has 3 nitrogen and oxygen atoms in total. The Morgan fingerprint density at radius 2 is 1.64 bits per heavy atom. The second kappa shape index (κ2) is 5.81. The van der Waals surface area contributed by atoms with Crippen LogP contribution in [0.15, 0.2) is 0 Å². The first-order chi connectivity index (χ1) is 10.3. The van der Waals surface area contributed by atoms with E-state index < -0.39 is 0 Å². The molecule has 0 aromatic heterocycles. The van der Waals surface area contributed by atoms with Crippen LogP contribution in [-0.2, 0) is 9.53 Å². The number of ether oxygens (including phenoxy) is 1. The highest BCUT2D eigenvalue weighted by Crippen LogP contribution is 2.61. The molecule has 0 heterocycles. The summed E-state index contributed by atoms with van der Waals surface area (Å²) >= 11 is 0. The molecule has 1 unspecified atom stereocenters. The first-order valence-electron chi connectivity index (χ1n) is 9.31. The predicted molar refractivity (Wildman–Crippen MR) is 88.3 cm³/mol. The molecule has 4 fully saturated rings. The van der Waals surface area contributed by atoms with Gasteiger partial charge >= 0.3 is 5.97 Å². The summed E-state index contributed by atoms with van der Waals surface area (Å²) in [6.07, 6.45) is 8.89. The minimum atomic E-state index is 0.0244. The molecule has 4 saturated carbocycles. The number of rotatable bonds is 6. The number of nitrogens with zero attached hydrogens (tertiary/aromatic N) is 1. The molecule has 4 bridgehead atoms. The van der Waals surface area contributed by atoms with Gasteiger partial charge in [0.05, 0.1) is 27.1 Å². The summed E-state index contributed by atoms with van der Waals surface area (Å²) in [4.78, 5) is 12.5. The van der Waals surface area contributed by atoms with Gasteiger partial charge in [-0.2, -0.15) is 0 Å². The molecule has 0 spiro atoms. The van der Waals surface area contributed by atoms with Gasteiger partial charge in [0.2, 0.25) is 0 Å². The lowest BCUT2D eigenvalue weighted by Gasteiger charge is -2.56. The fourth-order valence-electron chi connectivity index (χ4n) is 5.94. The Balaban J connectivity index is 1.54. The van der Waals surface area contributed by atoms with E-state index in [1.54, 1.807) is 0 Å². The summed E-state index contributed by atoms with van der Waals surface area (Å²) in [7, 11) is 4.40. The molecule has 0 aromatic carbocycles. The third-order valence-corrected chi connectivity index (χ3v) is 6.62. The van der Waals surface area contributed by atoms with E-state index in [0.29, 0.717) is 11.8 Å². The molecule has 4 aliphatic carbocycles. The molecule has 4 aliphatic rings. The molecule has 0 aliphatic heterocycles. The van der Waals surface area contributed by atoms with Crippen LogP contribution in [0.3, 0.4) is 0 Å². The molecular formula is C19H34NO2+. The Morgan fingerprint density at radius 3 is 2.09 bits per heavy atom. The number of hydrogen-bond donors (Lipinski definition) is 0. The van der Waals surface area contributed by atoms with Gasteiger partial charge in [0, 0.05) is 0 Å². The molecule has 22 heavy (non-hydrogen) atoms. The zero-order valence-electron chi connectivity index (χ0n) is 14.9. The Morgan fingerprint density at radius 1 is 1.14 bits per heavy atom. The SMILES string of the molecule is CC[N+](C)(C)CC(C)OC(=O)CC12CC3CC(CC(C3)C1)C2. The highest BCUT2D eigenvalue weighted by Gasteiger charge is 2.51. The van der Waals surface area contributed by atoms with Crippen molar-refractivity contribution in [2.45, 2.75) is 64.9 Å². The van der Waals surface area contributed by atoms with E-state index in [0.717, 1.165) is 35.3 Å². The molecule has 0 aromatic rings. The maximum atomic E-state index is 12.5. The van der Waals surface area contributed by atoms with Crippen molar-refractivity contribution in [1.82, 2.24) is 0 Å². The summed E-state index contributed by atoms with van der Waals surface area (Å²) in [5.41, 5.74) is 0.306. The molecule has 0 saturated heterocycles. The molecular weight excluding hydrogens is 274 g/mol. The Labute approximate surface area is 136 Å². The van der Waals surface area contributed by atoms with Crippen LogP contribution in [0.25, 0.3) is 0 Å². The molecule has 4 rings (SSSR count). The average molecular weight is 308 g/mol. The van der Waals surface area contributed by atoms with Crippen LogP contribution in [0, 0.1) is 23.2 Å². The number of carbonyl (C=O) groups is 1. The first-order valence-corrected chi connectivity index (χ1v) is 9.31. The van der Waals surface area contributed by atoms with E-state index in [1.807, 2.05) is 6.92 Å². The van der Waals surface area contributed by atoms with Crippen LogP contribution in [0.5, 0.6) is 0 Å². The van der Waals surface area contributed by atoms with Crippen molar-refractivity contribution in [3.63, 3.8) is 0 Å². The number of esters is 1. The lowest BCUT2D eigenvalue weighted by Crippen LogP contribution is -2.48. The van der Waals surface area contributed by atoms with Crippen LogP contribution in [0.1, 0.15) is 58.8 Å². The highest BCUT2D eigenvalue weighted by atomic mass is 16.5. The second-order valence-electron chi connectivity index (χ2n) is 9.33. The second-order valence-corrected chi connectivity index (χ2v) is 9.33. The minimum Gasteiger partial charge on any atom is -0.457 e. The molecule has 0 N–H and O–H groups in total. The van der Waals surface area contributed by atoms with Crippen molar-refractivity contribution in [3.8, 4) is 0 Å². The van der Waals surface area contributed by atoms with Crippen molar-refractivity contribution in [1.29, 1.82) is 0 Å². The molecule has 126 valence electrons. The van der Waals surface area contributed by atoms with Gasteiger partial charge in [0.1, 0.15) is 12.6 Å². The zero-order valence-corrected chi connectivity index (χ0v) is 14.9. The van der Waals surface area contributed by atoms with E-state index in [9.17, 15) is 4.79 Å². The van der Waals surface area contributed by atoms with Crippen molar-refractivity contribution >= 4 is 5.97 Å². The fourth-order valence-corrected chi connectivity index (χ4v) is 5.94.